The fourth-order valence-corrected chi connectivity index (χ4v) is 8.88. The Hall–Kier alpha value is -4.12. The van der Waals surface area contributed by atoms with Gasteiger partial charge in [-0.1, -0.05) is 72.8 Å². The zero-order valence-electron chi connectivity index (χ0n) is 28.0. The zero-order chi connectivity index (χ0) is 34.5. The summed E-state index contributed by atoms with van der Waals surface area (Å²) in [5.41, 5.74) is -0.567. The topological polar surface area (TPSA) is 142 Å². The summed E-state index contributed by atoms with van der Waals surface area (Å²) < 4.78 is 5.36. The number of aliphatic carboxylic acids is 2. The van der Waals surface area contributed by atoms with Gasteiger partial charge in [-0.05, 0) is 82.3 Å². The number of rotatable bonds is 13. The summed E-state index contributed by atoms with van der Waals surface area (Å²) in [6.07, 6.45) is 2.57. The Morgan fingerprint density at radius 3 is 1.92 bits per heavy atom. The summed E-state index contributed by atoms with van der Waals surface area (Å²) >= 11 is 0. The van der Waals surface area contributed by atoms with Crippen LogP contribution in [0.4, 0.5) is 5.69 Å². The molecule has 0 amide bonds. The zero-order valence-corrected chi connectivity index (χ0v) is 28.0. The van der Waals surface area contributed by atoms with Crippen LogP contribution in [0.15, 0.2) is 84.9 Å². The third-order valence-corrected chi connectivity index (χ3v) is 11.4. The maximum Gasteiger partial charge on any atom is 0.311 e. The second kappa shape index (κ2) is 14.6. The van der Waals surface area contributed by atoms with E-state index >= 15 is 0 Å². The highest BCUT2D eigenvalue weighted by Gasteiger charge is 2.66. The van der Waals surface area contributed by atoms with Crippen molar-refractivity contribution < 1.29 is 29.5 Å². The van der Waals surface area contributed by atoms with Gasteiger partial charge in [0.25, 0.3) is 5.69 Å². The lowest BCUT2D eigenvalue weighted by molar-refractivity contribution is -0.385. The molecule has 3 N–H and O–H groups in total. The number of methoxy groups -OCH3 is 1. The van der Waals surface area contributed by atoms with Crippen molar-refractivity contribution in [2.45, 2.75) is 69.4 Å². The van der Waals surface area contributed by atoms with Crippen molar-refractivity contribution >= 4 is 17.6 Å². The molecular weight excluding hydrogens is 610 g/mol. The van der Waals surface area contributed by atoms with Crippen molar-refractivity contribution in [2.75, 3.05) is 33.4 Å². The molecule has 256 valence electrons. The van der Waals surface area contributed by atoms with Crippen molar-refractivity contribution in [1.82, 2.24) is 10.2 Å². The average Bonchev–Trinajstić information content (AvgIpc) is 3.09. The number of ether oxygens (including phenoxy) is 1. The van der Waals surface area contributed by atoms with Crippen LogP contribution in [0.25, 0.3) is 0 Å². The number of likely N-dealkylation sites (tertiary alicyclic amines) is 1. The van der Waals surface area contributed by atoms with Crippen molar-refractivity contribution in [3.63, 3.8) is 0 Å². The summed E-state index contributed by atoms with van der Waals surface area (Å²) in [6, 6.07) is 25.8. The van der Waals surface area contributed by atoms with Gasteiger partial charge in [0.2, 0.25) is 0 Å². The van der Waals surface area contributed by atoms with Crippen molar-refractivity contribution in [3.05, 3.63) is 112 Å². The summed E-state index contributed by atoms with van der Waals surface area (Å²) in [7, 11) is 1.48. The van der Waals surface area contributed by atoms with E-state index in [2.05, 4.69) is 58.7 Å². The van der Waals surface area contributed by atoms with Crippen LogP contribution in [-0.2, 0) is 19.7 Å². The Balaban J connectivity index is 1.46. The molecular formula is C38H47N3O7. The standard InChI is InChI=1S/C38H47N3O7/c1-27-37(34(42)43,33(29-12-10-17-32(26-29)41(46)47)38(35(44)45,21-25-48-3)28(2)39-27)18-11-22-40-23-19-36(20-24-40,30-13-6-4-7-14-30)31-15-8-5-9-16-31/h4-10,12-17,26-28,33,39H,11,18-25H2,1-3H3,(H,42,43)(H,44,45)/t27?,28?,33-,37?,38?/m0/s1. The van der Waals surface area contributed by atoms with Gasteiger partial charge in [-0.3, -0.25) is 19.7 Å². The first-order chi connectivity index (χ1) is 23.0. The summed E-state index contributed by atoms with van der Waals surface area (Å²) in [5.74, 6) is -3.32. The predicted octanol–water partition coefficient (Wildman–Crippen LogP) is 6.10. The van der Waals surface area contributed by atoms with E-state index in [9.17, 15) is 29.9 Å². The third kappa shape index (κ3) is 6.24. The van der Waals surface area contributed by atoms with Gasteiger partial charge in [0.15, 0.2) is 0 Å². The van der Waals surface area contributed by atoms with Crippen LogP contribution in [-0.4, -0.2) is 77.4 Å². The number of hydrogen-bond acceptors (Lipinski definition) is 7. The normalized spacial score (nSPS) is 27.3. The van der Waals surface area contributed by atoms with Crippen LogP contribution in [0.1, 0.15) is 68.6 Å². The van der Waals surface area contributed by atoms with E-state index in [-0.39, 0.29) is 30.6 Å². The number of carboxylic acid groups (broad SMARTS) is 2. The van der Waals surface area contributed by atoms with Gasteiger partial charge in [0, 0.05) is 49.3 Å². The van der Waals surface area contributed by atoms with E-state index in [4.69, 9.17) is 4.74 Å². The minimum absolute atomic E-state index is 0.0370. The number of benzene rings is 3. The van der Waals surface area contributed by atoms with Gasteiger partial charge in [-0.25, -0.2) is 0 Å². The van der Waals surface area contributed by atoms with Gasteiger partial charge in [0.05, 0.1) is 15.8 Å². The van der Waals surface area contributed by atoms with Crippen LogP contribution in [0.5, 0.6) is 0 Å². The van der Waals surface area contributed by atoms with Crippen molar-refractivity contribution in [3.8, 4) is 0 Å². The van der Waals surface area contributed by atoms with E-state index in [1.807, 2.05) is 12.1 Å². The second-order valence-electron chi connectivity index (χ2n) is 13.6. The Labute approximate surface area is 282 Å². The molecule has 0 radical (unpaired) electrons. The maximum atomic E-state index is 13.6. The summed E-state index contributed by atoms with van der Waals surface area (Å²) in [6.45, 7) is 5.96. The van der Waals surface area contributed by atoms with Crippen molar-refractivity contribution in [2.24, 2.45) is 10.8 Å². The number of nitrogens with one attached hydrogen (secondary N) is 1. The Kier molecular flexibility index (Phi) is 10.7. The summed E-state index contributed by atoms with van der Waals surface area (Å²) in [4.78, 5) is 40.7. The molecule has 0 bridgehead atoms. The molecule has 5 atom stereocenters. The smallest absolute Gasteiger partial charge is 0.311 e. The molecule has 10 nitrogen and oxygen atoms in total. The van der Waals surface area contributed by atoms with Crippen LogP contribution in [0.3, 0.4) is 0 Å². The lowest BCUT2D eigenvalue weighted by Crippen LogP contribution is -2.69. The number of hydrogen-bond donors (Lipinski definition) is 3. The molecule has 2 aliphatic heterocycles. The quantitative estimate of drug-likeness (QED) is 0.147. The molecule has 3 aromatic rings. The minimum Gasteiger partial charge on any atom is -0.481 e. The molecule has 0 aromatic heterocycles. The van der Waals surface area contributed by atoms with Gasteiger partial charge < -0.3 is 25.2 Å². The lowest BCUT2D eigenvalue weighted by Gasteiger charge is -2.57. The Bertz CT molecular complexity index is 1540. The van der Waals surface area contributed by atoms with E-state index in [0.717, 1.165) is 25.9 Å². The molecule has 0 aliphatic carbocycles. The molecule has 5 rings (SSSR count). The lowest BCUT2D eigenvalue weighted by atomic mass is 9.49. The van der Waals surface area contributed by atoms with E-state index < -0.39 is 45.7 Å². The SMILES string of the molecule is COCCC1(C(=O)O)C(C)NC(C)C(CCCN2CCC(c3ccccc3)(c3ccccc3)CC2)(C(=O)O)[C@@H]1c1cccc([N+](=O)[O-])c1. The molecule has 3 aromatic carbocycles. The Morgan fingerprint density at radius 1 is 0.875 bits per heavy atom. The molecule has 10 heteroatoms. The van der Waals surface area contributed by atoms with E-state index in [1.165, 1.54) is 36.4 Å². The number of nitro benzene ring substituents is 1. The molecule has 2 saturated heterocycles. The van der Waals surface area contributed by atoms with Gasteiger partial charge in [-0.2, -0.15) is 0 Å². The van der Waals surface area contributed by atoms with Gasteiger partial charge in [-0.15, -0.1) is 0 Å². The fraction of sp³-hybridized carbons (Fsp3) is 0.474. The third-order valence-electron chi connectivity index (χ3n) is 11.4. The molecule has 0 saturated carbocycles. The van der Waals surface area contributed by atoms with Crippen LogP contribution >= 0.6 is 0 Å². The van der Waals surface area contributed by atoms with E-state index in [1.54, 1.807) is 19.9 Å². The van der Waals surface area contributed by atoms with E-state index in [0.29, 0.717) is 18.5 Å². The molecule has 48 heavy (non-hydrogen) atoms. The van der Waals surface area contributed by atoms with Gasteiger partial charge in [0.1, 0.15) is 0 Å². The fourth-order valence-electron chi connectivity index (χ4n) is 8.88. The second-order valence-corrected chi connectivity index (χ2v) is 13.6. The largest absolute Gasteiger partial charge is 0.481 e. The monoisotopic (exact) mass is 657 g/mol. The average molecular weight is 658 g/mol. The Morgan fingerprint density at radius 2 is 1.42 bits per heavy atom. The molecule has 0 spiro atoms. The number of carboxylic acids is 2. The number of non-ortho nitro benzene ring substituents is 1. The summed E-state index contributed by atoms with van der Waals surface area (Å²) in [5, 5.41) is 37.2. The number of nitrogens with zero attached hydrogens (tertiary/aromatic N) is 2. The first-order valence-electron chi connectivity index (χ1n) is 16.8. The van der Waals surface area contributed by atoms with Gasteiger partial charge >= 0.3 is 11.9 Å². The molecule has 2 fully saturated rings. The first kappa shape index (κ1) is 35.2. The predicted molar refractivity (Wildman–Crippen MR) is 183 cm³/mol. The van der Waals surface area contributed by atoms with Crippen LogP contribution in [0, 0.1) is 20.9 Å². The highest BCUT2D eigenvalue weighted by atomic mass is 16.6. The highest BCUT2D eigenvalue weighted by molar-refractivity contribution is 5.84. The van der Waals surface area contributed by atoms with Crippen molar-refractivity contribution in [1.29, 1.82) is 0 Å². The first-order valence-corrected chi connectivity index (χ1v) is 16.8. The molecule has 2 heterocycles. The van der Waals surface area contributed by atoms with Crippen LogP contribution in [0.2, 0.25) is 0 Å². The number of nitro groups is 1. The highest BCUT2D eigenvalue weighted by Crippen LogP contribution is 2.59. The minimum atomic E-state index is -1.60. The molecule has 2 aliphatic rings. The molecule has 4 unspecified atom stereocenters. The number of piperidine rings is 2. The maximum absolute atomic E-state index is 13.6. The van der Waals surface area contributed by atoms with Crippen LogP contribution < -0.4 is 5.32 Å². The number of carbonyl (C=O) groups is 2.